The second-order valence-corrected chi connectivity index (χ2v) is 4.06. The topological polar surface area (TPSA) is 18.5 Å². The summed E-state index contributed by atoms with van der Waals surface area (Å²) in [6.45, 7) is 4.22. The van der Waals surface area contributed by atoms with Gasteiger partial charge < -0.3 is 9.47 Å². The summed E-state index contributed by atoms with van der Waals surface area (Å²) in [6, 6.07) is 8.50. The van der Waals surface area contributed by atoms with Crippen LogP contribution in [-0.4, -0.2) is 14.2 Å². The van der Waals surface area contributed by atoms with Crippen molar-refractivity contribution in [1.29, 1.82) is 0 Å². The molecule has 90 valence electrons. The fourth-order valence-electron chi connectivity index (χ4n) is 1.80. The first-order chi connectivity index (χ1) is 7.72. The molecule has 2 nitrogen and oxygen atoms in total. The predicted molar refractivity (Wildman–Crippen MR) is 66.5 cm³/mol. The minimum atomic E-state index is 0.154. The summed E-state index contributed by atoms with van der Waals surface area (Å²) in [6.07, 6.45) is 2.57. The minimum absolute atomic E-state index is 0.154. The molecule has 0 heterocycles. The van der Waals surface area contributed by atoms with E-state index in [1.165, 1.54) is 11.1 Å². The van der Waals surface area contributed by atoms with Crippen LogP contribution in [0.15, 0.2) is 24.3 Å². The Bertz CT molecular complexity index is 292. The lowest BCUT2D eigenvalue weighted by atomic mass is 10.0. The molecule has 2 atom stereocenters. The van der Waals surface area contributed by atoms with E-state index in [4.69, 9.17) is 9.47 Å². The van der Waals surface area contributed by atoms with E-state index in [2.05, 4.69) is 38.1 Å². The molecule has 0 amide bonds. The SMILES string of the molecule is CCCC(OC)c1ccc(C(C)OC)cc1. The van der Waals surface area contributed by atoms with Gasteiger partial charge >= 0.3 is 0 Å². The molecule has 1 rings (SSSR count). The van der Waals surface area contributed by atoms with Crippen molar-refractivity contribution in [3.63, 3.8) is 0 Å². The van der Waals surface area contributed by atoms with Crippen molar-refractivity contribution >= 4 is 0 Å². The molecule has 1 aromatic carbocycles. The zero-order valence-corrected chi connectivity index (χ0v) is 10.7. The molecule has 0 radical (unpaired) electrons. The molecule has 0 saturated heterocycles. The number of hydrogen-bond donors (Lipinski definition) is 0. The van der Waals surface area contributed by atoms with Crippen molar-refractivity contribution in [2.45, 2.75) is 38.9 Å². The summed E-state index contributed by atoms with van der Waals surface area (Å²) >= 11 is 0. The molecule has 2 unspecified atom stereocenters. The van der Waals surface area contributed by atoms with E-state index in [1.807, 2.05) is 0 Å². The first-order valence-electron chi connectivity index (χ1n) is 5.88. The van der Waals surface area contributed by atoms with Gasteiger partial charge in [0.05, 0.1) is 12.2 Å². The number of benzene rings is 1. The maximum atomic E-state index is 5.47. The molecule has 0 spiro atoms. The Balaban J connectivity index is 2.76. The second-order valence-electron chi connectivity index (χ2n) is 4.06. The van der Waals surface area contributed by atoms with Gasteiger partial charge in [-0.2, -0.15) is 0 Å². The number of methoxy groups -OCH3 is 2. The summed E-state index contributed by atoms with van der Waals surface area (Å²) < 4.78 is 10.8. The zero-order valence-electron chi connectivity index (χ0n) is 10.7. The van der Waals surface area contributed by atoms with E-state index in [9.17, 15) is 0 Å². The van der Waals surface area contributed by atoms with Crippen molar-refractivity contribution < 1.29 is 9.47 Å². The van der Waals surface area contributed by atoms with Gasteiger partial charge in [0.1, 0.15) is 0 Å². The lowest BCUT2D eigenvalue weighted by Gasteiger charge is -2.16. The average Bonchev–Trinajstić information content (AvgIpc) is 2.35. The summed E-state index contributed by atoms with van der Waals surface area (Å²) in [5.74, 6) is 0. The lowest BCUT2D eigenvalue weighted by Crippen LogP contribution is -2.02. The van der Waals surface area contributed by atoms with Gasteiger partial charge in [0.2, 0.25) is 0 Å². The van der Waals surface area contributed by atoms with Crippen molar-refractivity contribution in [2.75, 3.05) is 14.2 Å². The Hall–Kier alpha value is -0.860. The van der Waals surface area contributed by atoms with Crippen LogP contribution in [0.4, 0.5) is 0 Å². The Kier molecular flexibility index (Phi) is 5.50. The summed E-state index contributed by atoms with van der Waals surface area (Å²) in [4.78, 5) is 0. The van der Waals surface area contributed by atoms with E-state index >= 15 is 0 Å². The Labute approximate surface area is 98.6 Å². The fourth-order valence-corrected chi connectivity index (χ4v) is 1.80. The summed E-state index contributed by atoms with van der Waals surface area (Å²) in [5, 5.41) is 0. The van der Waals surface area contributed by atoms with Crippen LogP contribution in [0.3, 0.4) is 0 Å². The van der Waals surface area contributed by atoms with Gasteiger partial charge in [-0.15, -0.1) is 0 Å². The maximum Gasteiger partial charge on any atom is 0.0821 e. The van der Waals surface area contributed by atoms with E-state index in [1.54, 1.807) is 14.2 Å². The molecule has 0 N–H and O–H groups in total. The Morgan fingerprint density at radius 2 is 1.56 bits per heavy atom. The van der Waals surface area contributed by atoms with Gasteiger partial charge in [-0.1, -0.05) is 37.6 Å². The third-order valence-corrected chi connectivity index (χ3v) is 2.97. The number of ether oxygens (including phenoxy) is 2. The van der Waals surface area contributed by atoms with Crippen molar-refractivity contribution in [3.8, 4) is 0 Å². The molecule has 2 heteroatoms. The minimum Gasteiger partial charge on any atom is -0.377 e. The molecule has 0 aliphatic heterocycles. The Morgan fingerprint density at radius 1 is 1.00 bits per heavy atom. The van der Waals surface area contributed by atoms with Gasteiger partial charge in [-0.05, 0) is 24.5 Å². The zero-order chi connectivity index (χ0) is 12.0. The van der Waals surface area contributed by atoms with Gasteiger partial charge in [0.15, 0.2) is 0 Å². The summed E-state index contributed by atoms with van der Waals surface area (Å²) in [7, 11) is 3.50. The van der Waals surface area contributed by atoms with Crippen molar-refractivity contribution in [1.82, 2.24) is 0 Å². The first kappa shape index (κ1) is 13.2. The standard InChI is InChI=1S/C14H22O2/c1-5-6-14(16-4)13-9-7-12(8-10-13)11(2)15-3/h7-11,14H,5-6H2,1-4H3. The monoisotopic (exact) mass is 222 g/mol. The number of rotatable bonds is 6. The average molecular weight is 222 g/mol. The predicted octanol–water partition coefficient (Wildman–Crippen LogP) is 3.88. The van der Waals surface area contributed by atoms with E-state index in [-0.39, 0.29) is 12.2 Å². The Morgan fingerprint density at radius 3 is 2.00 bits per heavy atom. The molecule has 0 fully saturated rings. The molecule has 0 aromatic heterocycles. The molecular formula is C14H22O2. The smallest absolute Gasteiger partial charge is 0.0821 e. The normalized spacial score (nSPS) is 14.8. The quantitative estimate of drug-likeness (QED) is 0.727. The lowest BCUT2D eigenvalue weighted by molar-refractivity contribution is 0.0947. The van der Waals surface area contributed by atoms with Crippen LogP contribution < -0.4 is 0 Å². The molecule has 0 bridgehead atoms. The molecule has 0 aliphatic rings. The van der Waals surface area contributed by atoms with E-state index in [0.717, 1.165) is 12.8 Å². The van der Waals surface area contributed by atoms with Crippen LogP contribution in [0.5, 0.6) is 0 Å². The fraction of sp³-hybridized carbons (Fsp3) is 0.571. The van der Waals surface area contributed by atoms with Gasteiger partial charge in [-0.3, -0.25) is 0 Å². The van der Waals surface area contributed by atoms with Crippen molar-refractivity contribution in [2.24, 2.45) is 0 Å². The number of hydrogen-bond acceptors (Lipinski definition) is 2. The third kappa shape index (κ3) is 3.32. The molecule has 0 saturated carbocycles. The van der Waals surface area contributed by atoms with Gasteiger partial charge in [0.25, 0.3) is 0 Å². The molecule has 1 aromatic rings. The molecule has 16 heavy (non-hydrogen) atoms. The van der Waals surface area contributed by atoms with E-state index in [0.29, 0.717) is 0 Å². The molecule has 0 aliphatic carbocycles. The van der Waals surface area contributed by atoms with Crippen LogP contribution in [0, 0.1) is 0 Å². The summed E-state index contributed by atoms with van der Waals surface area (Å²) in [5.41, 5.74) is 2.45. The third-order valence-electron chi connectivity index (χ3n) is 2.97. The van der Waals surface area contributed by atoms with Crippen molar-refractivity contribution in [3.05, 3.63) is 35.4 Å². The van der Waals surface area contributed by atoms with Crippen LogP contribution in [0.2, 0.25) is 0 Å². The van der Waals surface area contributed by atoms with E-state index < -0.39 is 0 Å². The van der Waals surface area contributed by atoms with Gasteiger partial charge in [-0.25, -0.2) is 0 Å². The highest BCUT2D eigenvalue weighted by atomic mass is 16.5. The van der Waals surface area contributed by atoms with Crippen LogP contribution >= 0.6 is 0 Å². The van der Waals surface area contributed by atoms with Crippen LogP contribution in [-0.2, 0) is 9.47 Å². The maximum absolute atomic E-state index is 5.47. The largest absolute Gasteiger partial charge is 0.377 e. The van der Waals surface area contributed by atoms with Gasteiger partial charge in [0, 0.05) is 14.2 Å². The highest BCUT2D eigenvalue weighted by Gasteiger charge is 2.10. The highest BCUT2D eigenvalue weighted by molar-refractivity contribution is 5.25. The van der Waals surface area contributed by atoms with Crippen LogP contribution in [0.1, 0.15) is 50.0 Å². The highest BCUT2D eigenvalue weighted by Crippen LogP contribution is 2.24. The van der Waals surface area contributed by atoms with Crippen LogP contribution in [0.25, 0.3) is 0 Å². The second kappa shape index (κ2) is 6.66. The first-order valence-corrected chi connectivity index (χ1v) is 5.88. The molecular weight excluding hydrogens is 200 g/mol.